The molecule has 42 heavy (non-hydrogen) atoms. The third kappa shape index (κ3) is 6.01. The van der Waals surface area contributed by atoms with Crippen LogP contribution in [0.4, 0.5) is 11.8 Å². The molecule has 2 aromatic heterocycles. The lowest BCUT2D eigenvalue weighted by atomic mass is 10.1. The number of amides is 2. The minimum Gasteiger partial charge on any atom is -0.495 e. The van der Waals surface area contributed by atoms with Crippen LogP contribution in [0.1, 0.15) is 13.3 Å². The minimum absolute atomic E-state index is 0.0190. The smallest absolute Gasteiger partial charge is 0.243 e. The Balaban J connectivity index is 1.56. The van der Waals surface area contributed by atoms with Crippen LogP contribution in [-0.2, 0) is 14.3 Å². The fraction of sp³-hybridized carbons (Fsp3) is 0.393. The third-order valence-corrected chi connectivity index (χ3v) is 8.01. The summed E-state index contributed by atoms with van der Waals surface area (Å²) in [6.45, 7) is 6.89. The van der Waals surface area contributed by atoms with Crippen molar-refractivity contribution in [3.63, 3.8) is 0 Å². The van der Waals surface area contributed by atoms with Crippen molar-refractivity contribution in [1.82, 2.24) is 25.2 Å². The fourth-order valence-corrected chi connectivity index (χ4v) is 5.75. The Hall–Kier alpha value is -3.87. The van der Waals surface area contributed by atoms with Crippen LogP contribution in [0.2, 0.25) is 10.0 Å². The third-order valence-electron chi connectivity index (χ3n) is 7.26. The first-order valence-corrected chi connectivity index (χ1v) is 14.0. The number of benzene rings is 1. The molecule has 0 radical (unpaired) electrons. The van der Waals surface area contributed by atoms with Crippen LogP contribution in [0.5, 0.6) is 11.5 Å². The van der Waals surface area contributed by atoms with E-state index < -0.39 is 0 Å². The van der Waals surface area contributed by atoms with Gasteiger partial charge in [-0.25, -0.2) is 15.0 Å². The molecule has 1 aromatic carbocycles. The van der Waals surface area contributed by atoms with Gasteiger partial charge in [0.05, 0.1) is 54.7 Å². The van der Waals surface area contributed by atoms with Gasteiger partial charge in [0, 0.05) is 49.8 Å². The lowest BCUT2D eigenvalue weighted by Gasteiger charge is -2.21. The second-order valence-corrected chi connectivity index (χ2v) is 10.7. The molecule has 0 bridgehead atoms. The molecule has 2 saturated heterocycles. The Kier molecular flexibility index (Phi) is 8.85. The molecule has 0 saturated carbocycles. The summed E-state index contributed by atoms with van der Waals surface area (Å²) in [5.74, 6) is 1.16. The number of fused-ring (bicyclic) bond motifs is 1. The maximum atomic E-state index is 12.1. The topological polar surface area (TPSA) is 140 Å². The Bertz CT molecular complexity index is 1500. The highest BCUT2D eigenvalue weighted by Gasteiger charge is 2.35. The quantitative estimate of drug-likeness (QED) is 0.306. The summed E-state index contributed by atoms with van der Waals surface area (Å²) in [6, 6.07) is 2.74. The van der Waals surface area contributed by atoms with Crippen LogP contribution in [-0.4, -0.2) is 90.3 Å². The minimum atomic E-state index is -0.361. The van der Waals surface area contributed by atoms with E-state index in [0.717, 1.165) is 6.42 Å². The van der Waals surface area contributed by atoms with Crippen LogP contribution in [0, 0.1) is 0 Å². The van der Waals surface area contributed by atoms with E-state index in [4.69, 9.17) is 47.4 Å². The monoisotopic (exact) mass is 615 g/mol. The maximum absolute atomic E-state index is 12.1. The predicted octanol–water partition coefficient (Wildman–Crippen LogP) is 3.53. The van der Waals surface area contributed by atoms with E-state index in [1.54, 1.807) is 23.2 Å². The number of carbonyl (C=O) groups is 2. The van der Waals surface area contributed by atoms with Crippen LogP contribution in [0.3, 0.4) is 0 Å². The standard InChI is InChI=1S/C28H31Cl2N7O5/c1-5-22(39)33-18-11-37(14(2)38)12-19(18)35-28-31-10-15-8-17(23-24(29)20(40-3)9-21(41-4)25(23)30)34-27(26(15)36-28)32-16-6-7-42-13-16/h5,8-10,16,18-19H,1,6-7,11-13H2,2-4H3,(H,32,34)(H,33,39)(H,31,35,36)/t16?,18-,19+/m0/s1. The summed E-state index contributed by atoms with van der Waals surface area (Å²) in [6.07, 6.45) is 3.66. The summed E-state index contributed by atoms with van der Waals surface area (Å²) in [5.41, 5.74) is 1.47. The number of nitrogens with one attached hydrogen (secondary N) is 3. The number of ether oxygens (including phenoxy) is 3. The number of methoxy groups -OCH3 is 2. The molecule has 2 amide bonds. The number of nitrogens with zero attached hydrogens (tertiary/aromatic N) is 4. The number of hydrogen-bond donors (Lipinski definition) is 3. The predicted molar refractivity (Wildman–Crippen MR) is 161 cm³/mol. The van der Waals surface area contributed by atoms with Crippen molar-refractivity contribution in [3.05, 3.63) is 41.0 Å². The van der Waals surface area contributed by atoms with Crippen molar-refractivity contribution < 1.29 is 23.8 Å². The van der Waals surface area contributed by atoms with E-state index in [9.17, 15) is 9.59 Å². The lowest BCUT2D eigenvalue weighted by Crippen LogP contribution is -2.45. The van der Waals surface area contributed by atoms with Crippen molar-refractivity contribution in [3.8, 4) is 22.8 Å². The Morgan fingerprint density at radius 1 is 1.10 bits per heavy atom. The van der Waals surface area contributed by atoms with Gasteiger partial charge in [-0.1, -0.05) is 29.8 Å². The molecule has 2 aliphatic heterocycles. The molecule has 3 aromatic rings. The molecule has 0 aliphatic carbocycles. The highest BCUT2D eigenvalue weighted by molar-refractivity contribution is 6.41. The van der Waals surface area contributed by atoms with Crippen LogP contribution in [0.15, 0.2) is 31.0 Å². The summed E-state index contributed by atoms with van der Waals surface area (Å²) in [7, 11) is 3.02. The van der Waals surface area contributed by atoms with Gasteiger partial charge in [0.1, 0.15) is 17.0 Å². The molecule has 4 heterocycles. The van der Waals surface area contributed by atoms with Gasteiger partial charge in [0.2, 0.25) is 17.8 Å². The molecular weight excluding hydrogens is 585 g/mol. The van der Waals surface area contributed by atoms with Crippen LogP contribution in [0.25, 0.3) is 22.2 Å². The van der Waals surface area contributed by atoms with E-state index in [1.165, 1.54) is 27.2 Å². The van der Waals surface area contributed by atoms with Gasteiger partial charge in [0.25, 0.3) is 0 Å². The van der Waals surface area contributed by atoms with Crippen LogP contribution >= 0.6 is 23.2 Å². The average Bonchev–Trinajstić information content (AvgIpc) is 3.63. The zero-order valence-corrected chi connectivity index (χ0v) is 24.9. The SMILES string of the molecule is C=CC(=O)N[C@H]1CN(C(C)=O)C[C@H]1Nc1ncc2cc(-c3c(Cl)c(OC)cc(OC)c3Cl)nc(NC3CCOC3)c2n1. The molecule has 14 heteroatoms. The molecular formula is C28H31Cl2N7O5. The molecule has 3 N–H and O–H groups in total. The second-order valence-electron chi connectivity index (χ2n) is 9.97. The first-order valence-electron chi connectivity index (χ1n) is 13.3. The average molecular weight is 617 g/mol. The van der Waals surface area contributed by atoms with Gasteiger partial charge in [-0.15, -0.1) is 0 Å². The molecule has 2 fully saturated rings. The normalized spacial score (nSPS) is 19.9. The van der Waals surface area contributed by atoms with Crippen molar-refractivity contribution >= 4 is 57.7 Å². The molecule has 1 unspecified atom stereocenters. The Morgan fingerprint density at radius 2 is 1.81 bits per heavy atom. The Labute approximate surface area is 252 Å². The highest BCUT2D eigenvalue weighted by Crippen LogP contribution is 2.46. The van der Waals surface area contributed by atoms with E-state index >= 15 is 0 Å². The van der Waals surface area contributed by atoms with Crippen molar-refractivity contribution in [1.29, 1.82) is 0 Å². The van der Waals surface area contributed by atoms with Gasteiger partial charge >= 0.3 is 0 Å². The second kappa shape index (κ2) is 12.6. The number of carbonyl (C=O) groups excluding carboxylic acids is 2. The number of anilines is 2. The molecule has 2 aliphatic rings. The number of halogens is 2. The molecule has 222 valence electrons. The first kappa shape index (κ1) is 29.6. The number of likely N-dealkylation sites (tertiary alicyclic amines) is 1. The van der Waals surface area contributed by atoms with Gasteiger partial charge in [-0.05, 0) is 18.6 Å². The number of pyridine rings is 1. The van der Waals surface area contributed by atoms with Gasteiger partial charge in [-0.3, -0.25) is 9.59 Å². The zero-order valence-electron chi connectivity index (χ0n) is 23.4. The van der Waals surface area contributed by atoms with Gasteiger partial charge < -0.3 is 35.1 Å². The van der Waals surface area contributed by atoms with E-state index in [-0.39, 0.29) is 40.0 Å². The Morgan fingerprint density at radius 3 is 2.43 bits per heavy atom. The van der Waals surface area contributed by atoms with Crippen molar-refractivity contribution in [2.24, 2.45) is 0 Å². The first-order chi connectivity index (χ1) is 20.2. The van der Waals surface area contributed by atoms with E-state index in [1.807, 2.05) is 0 Å². The molecule has 0 spiro atoms. The largest absolute Gasteiger partial charge is 0.495 e. The van der Waals surface area contributed by atoms with Gasteiger partial charge in [0.15, 0.2) is 5.82 Å². The highest BCUT2D eigenvalue weighted by atomic mass is 35.5. The van der Waals surface area contributed by atoms with Gasteiger partial charge in [-0.2, -0.15) is 0 Å². The molecule has 3 atom stereocenters. The summed E-state index contributed by atoms with van der Waals surface area (Å²) in [4.78, 5) is 40.0. The lowest BCUT2D eigenvalue weighted by molar-refractivity contribution is -0.128. The number of aromatic nitrogens is 3. The van der Waals surface area contributed by atoms with E-state index in [0.29, 0.717) is 71.7 Å². The summed E-state index contributed by atoms with van der Waals surface area (Å²) >= 11 is 13.4. The van der Waals surface area contributed by atoms with E-state index in [2.05, 4.69) is 27.5 Å². The molecule has 5 rings (SSSR count). The summed E-state index contributed by atoms with van der Waals surface area (Å²) < 4.78 is 16.5. The number of hydrogen-bond acceptors (Lipinski definition) is 10. The number of rotatable bonds is 9. The van der Waals surface area contributed by atoms with Crippen LogP contribution < -0.4 is 25.4 Å². The molecule has 12 nitrogen and oxygen atoms in total. The summed E-state index contributed by atoms with van der Waals surface area (Å²) in [5, 5.41) is 10.9. The maximum Gasteiger partial charge on any atom is 0.243 e. The zero-order chi connectivity index (χ0) is 30.0. The van der Waals surface area contributed by atoms with Crippen molar-refractivity contribution in [2.45, 2.75) is 31.5 Å². The van der Waals surface area contributed by atoms with Crippen molar-refractivity contribution in [2.75, 3.05) is 51.2 Å². The fourth-order valence-electron chi connectivity index (χ4n) is 5.05.